The van der Waals surface area contributed by atoms with Crippen LogP contribution >= 0.6 is 33.2 Å². The first-order chi connectivity index (χ1) is 7.35. The van der Waals surface area contributed by atoms with E-state index in [2.05, 4.69) is 13.5 Å². The highest BCUT2D eigenvalue weighted by Crippen LogP contribution is 2.30. The van der Waals surface area contributed by atoms with Crippen molar-refractivity contribution >= 4 is 45.2 Å². The molecule has 1 atom stereocenters. The van der Waals surface area contributed by atoms with Gasteiger partial charge in [0.2, 0.25) is 0 Å². The molecule has 0 aliphatic heterocycles. The molecule has 0 saturated carbocycles. The minimum Gasteiger partial charge on any atom is -0.463 e. The number of carbonyl (C=O) groups excluding carboxylic acids is 1. The van der Waals surface area contributed by atoms with Gasteiger partial charge < -0.3 is 4.74 Å². The lowest BCUT2D eigenvalue weighted by Crippen LogP contribution is -2.14. The molecule has 0 rings (SSSR count). The fraction of sp³-hybridized carbons (Fsp3) is 0.700. The summed E-state index contributed by atoms with van der Waals surface area (Å²) >= 11 is 17.5. The molecule has 0 heterocycles. The third-order valence-corrected chi connectivity index (χ3v) is 4.63. The largest absolute Gasteiger partial charge is 0.463 e. The minimum absolute atomic E-state index is 0.373. The fourth-order valence-electron chi connectivity index (χ4n) is 1.32. The van der Waals surface area contributed by atoms with Crippen LogP contribution in [-0.2, 0) is 9.53 Å². The highest BCUT2D eigenvalue weighted by molar-refractivity contribution is 7.64. The van der Waals surface area contributed by atoms with Crippen LogP contribution < -0.4 is 0 Å². The Kier molecular flexibility index (Phi) is 8.55. The smallest absolute Gasteiger partial charge is 0.341 e. The van der Waals surface area contributed by atoms with Gasteiger partial charge in [0.15, 0.2) is 0 Å². The average Bonchev–Trinajstić information content (AvgIpc) is 2.14. The van der Waals surface area contributed by atoms with Crippen molar-refractivity contribution in [2.24, 2.45) is 5.92 Å². The van der Waals surface area contributed by atoms with Gasteiger partial charge in [0.25, 0.3) is 0 Å². The third kappa shape index (κ3) is 10.8. The van der Waals surface area contributed by atoms with Crippen LogP contribution in [0.1, 0.15) is 26.2 Å². The maximum atomic E-state index is 10.7. The zero-order valence-corrected chi connectivity index (χ0v) is 12.6. The van der Waals surface area contributed by atoms with Gasteiger partial charge in [-0.15, -0.1) is 33.2 Å². The van der Waals surface area contributed by atoms with Crippen molar-refractivity contribution in [3.8, 4) is 0 Å². The number of rotatable bonds is 8. The second-order valence-corrected chi connectivity index (χ2v) is 13.0. The van der Waals surface area contributed by atoms with E-state index in [-0.39, 0.29) is 5.97 Å². The van der Waals surface area contributed by atoms with Crippen molar-refractivity contribution in [3.05, 3.63) is 12.7 Å². The van der Waals surface area contributed by atoms with Crippen LogP contribution in [0.2, 0.25) is 6.04 Å². The SMILES string of the molecule is C=CC(=O)OCCCCC(C)C[Si](Cl)(Cl)Cl. The van der Waals surface area contributed by atoms with Crippen LogP contribution in [0.15, 0.2) is 12.7 Å². The predicted octanol–water partition coefficient (Wildman–Crippen LogP) is 4.18. The van der Waals surface area contributed by atoms with Crippen molar-refractivity contribution in [1.82, 2.24) is 0 Å². The first-order valence-corrected chi connectivity index (χ1v) is 10.5. The van der Waals surface area contributed by atoms with E-state index in [1.807, 2.05) is 0 Å². The van der Waals surface area contributed by atoms with Gasteiger partial charge in [-0.05, 0) is 24.8 Å². The zero-order chi connectivity index (χ0) is 12.6. The molecule has 6 heteroatoms. The quantitative estimate of drug-likeness (QED) is 0.221. The van der Waals surface area contributed by atoms with Crippen LogP contribution in [0.3, 0.4) is 0 Å². The molecule has 0 amide bonds. The van der Waals surface area contributed by atoms with Gasteiger partial charge in [0, 0.05) is 6.08 Å². The monoisotopic (exact) mass is 302 g/mol. The summed E-state index contributed by atoms with van der Waals surface area (Å²) in [6, 6.07) is -1.81. The van der Waals surface area contributed by atoms with E-state index in [1.165, 1.54) is 0 Å². The molecule has 0 saturated heterocycles. The van der Waals surface area contributed by atoms with E-state index >= 15 is 0 Å². The molecule has 0 bridgehead atoms. The number of unbranched alkanes of at least 4 members (excludes halogenated alkanes) is 1. The van der Waals surface area contributed by atoms with Gasteiger partial charge in [0.05, 0.1) is 6.61 Å². The second kappa shape index (κ2) is 8.40. The highest BCUT2D eigenvalue weighted by atomic mass is 35.8. The normalized spacial score (nSPS) is 13.2. The Labute approximate surface area is 112 Å². The molecule has 1 unspecified atom stereocenters. The summed E-state index contributed by atoms with van der Waals surface area (Å²) in [7, 11) is 0. The molecule has 0 spiro atoms. The van der Waals surface area contributed by atoms with Crippen molar-refractivity contribution in [3.63, 3.8) is 0 Å². The lowest BCUT2D eigenvalue weighted by Gasteiger charge is -2.14. The van der Waals surface area contributed by atoms with Crippen LogP contribution in [0, 0.1) is 5.92 Å². The number of ether oxygens (including phenoxy) is 1. The lowest BCUT2D eigenvalue weighted by atomic mass is 10.1. The Morgan fingerprint density at radius 3 is 2.56 bits per heavy atom. The van der Waals surface area contributed by atoms with Gasteiger partial charge in [-0.3, -0.25) is 0 Å². The summed E-state index contributed by atoms with van der Waals surface area (Å²) in [4.78, 5) is 10.7. The maximum absolute atomic E-state index is 10.7. The topological polar surface area (TPSA) is 26.3 Å². The van der Waals surface area contributed by atoms with E-state index in [1.54, 1.807) is 0 Å². The number of hydrogen-bond acceptors (Lipinski definition) is 2. The first-order valence-electron chi connectivity index (χ1n) is 5.21. The third-order valence-electron chi connectivity index (χ3n) is 2.08. The molecule has 0 aromatic rings. The van der Waals surface area contributed by atoms with Gasteiger partial charge in [-0.1, -0.05) is 19.9 Å². The standard InChI is InChI=1S/C10H17Cl3O2Si/c1-3-10(14)15-7-5-4-6-9(2)8-16(11,12)13/h3,9H,1,4-8H2,2H3. The highest BCUT2D eigenvalue weighted by Gasteiger charge is 2.27. The Morgan fingerprint density at radius 1 is 1.44 bits per heavy atom. The van der Waals surface area contributed by atoms with Crippen LogP contribution in [0.4, 0.5) is 0 Å². The molecule has 0 aliphatic carbocycles. The van der Waals surface area contributed by atoms with Gasteiger partial charge in [-0.2, -0.15) is 0 Å². The summed E-state index contributed by atoms with van der Waals surface area (Å²) in [5.74, 6) is 0.0380. The minimum atomic E-state index is -2.49. The molecule has 0 aromatic heterocycles. The molecular formula is C10H17Cl3O2Si. The maximum Gasteiger partial charge on any atom is 0.341 e. The fourth-order valence-corrected chi connectivity index (χ4v) is 4.69. The molecule has 0 N–H and O–H groups in total. The van der Waals surface area contributed by atoms with Crippen molar-refractivity contribution in [2.75, 3.05) is 6.61 Å². The zero-order valence-electron chi connectivity index (χ0n) is 9.35. The Hall–Kier alpha value is 0.297. The Bertz CT molecular complexity index is 229. The molecule has 2 nitrogen and oxygen atoms in total. The molecule has 94 valence electrons. The van der Waals surface area contributed by atoms with E-state index in [0.29, 0.717) is 18.6 Å². The summed E-state index contributed by atoms with van der Waals surface area (Å²) in [6.07, 6.45) is 3.97. The van der Waals surface area contributed by atoms with Crippen LogP contribution in [-0.4, -0.2) is 18.6 Å². The van der Waals surface area contributed by atoms with Crippen molar-refractivity contribution in [2.45, 2.75) is 32.2 Å². The van der Waals surface area contributed by atoms with E-state index in [0.717, 1.165) is 25.3 Å². The summed E-state index contributed by atoms with van der Waals surface area (Å²) < 4.78 is 4.85. The lowest BCUT2D eigenvalue weighted by molar-refractivity contribution is -0.137. The number of carbonyl (C=O) groups is 1. The molecule has 0 aromatic carbocycles. The number of hydrogen-bond donors (Lipinski definition) is 0. The van der Waals surface area contributed by atoms with Crippen molar-refractivity contribution in [1.29, 1.82) is 0 Å². The summed E-state index contributed by atoms with van der Waals surface area (Å²) in [5, 5.41) is 0. The summed E-state index contributed by atoms with van der Waals surface area (Å²) in [5.41, 5.74) is 0. The average molecular weight is 304 g/mol. The molecule has 0 aliphatic rings. The Morgan fingerprint density at radius 2 is 2.06 bits per heavy atom. The van der Waals surface area contributed by atoms with Gasteiger partial charge in [-0.25, -0.2) is 4.79 Å². The molecule has 0 fully saturated rings. The molecule has 0 radical (unpaired) electrons. The van der Waals surface area contributed by atoms with E-state index < -0.39 is 6.00 Å². The van der Waals surface area contributed by atoms with Crippen LogP contribution in [0.5, 0.6) is 0 Å². The summed E-state index contributed by atoms with van der Waals surface area (Å²) in [6.45, 7) is 5.82. The predicted molar refractivity (Wildman–Crippen MR) is 72.3 cm³/mol. The van der Waals surface area contributed by atoms with E-state index in [4.69, 9.17) is 38.0 Å². The first kappa shape index (κ1) is 16.3. The van der Waals surface area contributed by atoms with E-state index in [9.17, 15) is 4.79 Å². The van der Waals surface area contributed by atoms with Gasteiger partial charge in [0.1, 0.15) is 0 Å². The van der Waals surface area contributed by atoms with Gasteiger partial charge >= 0.3 is 12.0 Å². The number of esters is 1. The molecular weight excluding hydrogens is 287 g/mol. The van der Waals surface area contributed by atoms with Crippen molar-refractivity contribution < 1.29 is 9.53 Å². The second-order valence-electron chi connectivity index (χ2n) is 3.79. The number of halogens is 3. The van der Waals surface area contributed by atoms with Crippen LogP contribution in [0.25, 0.3) is 0 Å². The molecule has 16 heavy (non-hydrogen) atoms. The Balaban J connectivity index is 3.45.